The molecule has 0 aliphatic heterocycles. The zero-order valence-electron chi connectivity index (χ0n) is 6.09. The van der Waals surface area contributed by atoms with E-state index in [1.165, 1.54) is 6.21 Å². The molecule has 0 N–H and O–H groups in total. The number of rotatable bonds is 3. The van der Waals surface area contributed by atoms with Crippen LogP contribution in [0.1, 0.15) is 0 Å². The molecule has 52 valence electrons. The number of aliphatic imine (C=N–C) groups is 1. The number of carbonyl (C=O) groups excluding carboxylic acids is 1. The maximum Gasteiger partial charge on any atom is 0.187 e. The number of hydrogen-bond acceptors (Lipinski definition) is 3. The van der Waals surface area contributed by atoms with E-state index in [4.69, 9.17) is 0 Å². The van der Waals surface area contributed by atoms with E-state index in [2.05, 4.69) is 4.99 Å². The molecule has 0 aromatic rings. The normalized spacial score (nSPS) is 11.1. The number of carbonyl (C=O) groups is 1. The summed E-state index contributed by atoms with van der Waals surface area (Å²) in [5, 5.41) is 0. The van der Waals surface area contributed by atoms with Crippen molar-refractivity contribution in [3.05, 3.63) is 0 Å². The molecule has 3 heteroatoms. The van der Waals surface area contributed by atoms with Gasteiger partial charge in [0.15, 0.2) is 5.78 Å². The van der Waals surface area contributed by atoms with Crippen LogP contribution in [0.5, 0.6) is 0 Å². The molecule has 9 heavy (non-hydrogen) atoms. The Kier molecular flexibility index (Phi) is 3.88. The van der Waals surface area contributed by atoms with E-state index in [1.54, 1.807) is 7.05 Å². The Bertz CT molecular complexity index is 118. The summed E-state index contributed by atoms with van der Waals surface area (Å²) in [7, 11) is 5.29. The van der Waals surface area contributed by atoms with Crippen LogP contribution in [-0.2, 0) is 4.79 Å². The maximum atomic E-state index is 10.7. The van der Waals surface area contributed by atoms with Gasteiger partial charge in [0, 0.05) is 7.05 Å². The van der Waals surface area contributed by atoms with Gasteiger partial charge in [0.25, 0.3) is 0 Å². The van der Waals surface area contributed by atoms with Crippen LogP contribution < -0.4 is 0 Å². The van der Waals surface area contributed by atoms with Crippen LogP contribution in [0.2, 0.25) is 0 Å². The predicted octanol–water partition coefficient (Wildman–Crippen LogP) is -0.182. The first kappa shape index (κ1) is 8.30. The highest BCUT2D eigenvalue weighted by atomic mass is 16.1. The molecule has 0 radical (unpaired) electrons. The summed E-state index contributed by atoms with van der Waals surface area (Å²) < 4.78 is 0. The van der Waals surface area contributed by atoms with Crippen molar-refractivity contribution in [1.82, 2.24) is 4.90 Å². The third kappa shape index (κ3) is 5.17. The fourth-order valence-corrected chi connectivity index (χ4v) is 0.496. The molecule has 0 saturated heterocycles. The lowest BCUT2D eigenvalue weighted by atomic mass is 10.4. The summed E-state index contributed by atoms with van der Waals surface area (Å²) >= 11 is 0. The Morgan fingerprint density at radius 1 is 1.67 bits per heavy atom. The Morgan fingerprint density at radius 3 is 2.56 bits per heavy atom. The fourth-order valence-electron chi connectivity index (χ4n) is 0.496. The van der Waals surface area contributed by atoms with E-state index in [1.807, 2.05) is 19.0 Å². The van der Waals surface area contributed by atoms with Gasteiger partial charge in [-0.15, -0.1) is 0 Å². The van der Waals surface area contributed by atoms with Gasteiger partial charge in [0.05, 0.1) is 12.8 Å². The second-order valence-corrected chi connectivity index (χ2v) is 2.09. The fraction of sp³-hybridized carbons (Fsp3) is 0.667. The van der Waals surface area contributed by atoms with Gasteiger partial charge in [0.1, 0.15) is 0 Å². The Morgan fingerprint density at radius 2 is 2.22 bits per heavy atom. The van der Waals surface area contributed by atoms with Gasteiger partial charge >= 0.3 is 0 Å². The molecule has 3 nitrogen and oxygen atoms in total. The van der Waals surface area contributed by atoms with Gasteiger partial charge in [-0.1, -0.05) is 0 Å². The molecule has 0 bridgehead atoms. The molecule has 0 aromatic carbocycles. The lowest BCUT2D eigenvalue weighted by Crippen LogP contribution is -2.22. The first-order chi connectivity index (χ1) is 4.16. The van der Waals surface area contributed by atoms with Gasteiger partial charge in [-0.2, -0.15) is 0 Å². The summed E-state index contributed by atoms with van der Waals surface area (Å²) in [6.07, 6.45) is 1.33. The third-order valence-electron chi connectivity index (χ3n) is 0.745. The summed E-state index contributed by atoms with van der Waals surface area (Å²) in [6, 6.07) is 0. The first-order valence-corrected chi connectivity index (χ1v) is 2.76. The highest BCUT2D eigenvalue weighted by molar-refractivity contribution is 6.28. The Balaban J connectivity index is 3.51. The van der Waals surface area contributed by atoms with Crippen molar-refractivity contribution in [1.29, 1.82) is 0 Å². The number of likely N-dealkylation sites (N-methyl/N-ethyl adjacent to an activating group) is 1. The van der Waals surface area contributed by atoms with E-state index in [9.17, 15) is 4.79 Å². The van der Waals surface area contributed by atoms with E-state index in [0.29, 0.717) is 6.54 Å². The standard InChI is InChI=1S/C6H12N2O/c1-7-4-6(9)5-8(2)3/h4H,5H2,1-3H3. The highest BCUT2D eigenvalue weighted by Gasteiger charge is 1.96. The topological polar surface area (TPSA) is 32.7 Å². The molecule has 0 rings (SSSR count). The monoisotopic (exact) mass is 128 g/mol. The van der Waals surface area contributed by atoms with Crippen molar-refractivity contribution >= 4 is 12.0 Å². The Hall–Kier alpha value is -0.700. The molecule has 0 amide bonds. The summed E-state index contributed by atoms with van der Waals surface area (Å²) in [5.41, 5.74) is 0. The number of ketones is 1. The van der Waals surface area contributed by atoms with Crippen molar-refractivity contribution in [2.75, 3.05) is 27.7 Å². The second kappa shape index (κ2) is 4.21. The number of Topliss-reactive ketones (excluding diaryl/α,β-unsaturated/α-hetero) is 1. The van der Waals surface area contributed by atoms with Crippen molar-refractivity contribution in [3.8, 4) is 0 Å². The van der Waals surface area contributed by atoms with Gasteiger partial charge in [-0.05, 0) is 14.1 Å². The molecule has 0 aliphatic carbocycles. The minimum absolute atomic E-state index is 0.0440. The number of hydrogen-bond donors (Lipinski definition) is 0. The van der Waals surface area contributed by atoms with Crippen molar-refractivity contribution < 1.29 is 4.79 Å². The largest absolute Gasteiger partial charge is 0.302 e. The minimum Gasteiger partial charge on any atom is -0.302 e. The Labute approximate surface area is 55.4 Å². The van der Waals surface area contributed by atoms with Gasteiger partial charge in [-0.25, -0.2) is 0 Å². The van der Waals surface area contributed by atoms with Crippen LogP contribution in [0, 0.1) is 0 Å². The molecule has 0 aromatic heterocycles. The molecule has 0 spiro atoms. The molecule has 0 saturated carbocycles. The van der Waals surface area contributed by atoms with E-state index < -0.39 is 0 Å². The van der Waals surface area contributed by atoms with Crippen molar-refractivity contribution in [2.24, 2.45) is 4.99 Å². The quantitative estimate of drug-likeness (QED) is 0.494. The van der Waals surface area contributed by atoms with E-state index in [0.717, 1.165) is 0 Å². The third-order valence-corrected chi connectivity index (χ3v) is 0.745. The average Bonchev–Trinajstić information content (AvgIpc) is 1.63. The van der Waals surface area contributed by atoms with Gasteiger partial charge in [-0.3, -0.25) is 9.79 Å². The van der Waals surface area contributed by atoms with Crippen molar-refractivity contribution in [3.63, 3.8) is 0 Å². The summed E-state index contributed by atoms with van der Waals surface area (Å²) in [6.45, 7) is 0.442. The van der Waals surface area contributed by atoms with E-state index >= 15 is 0 Å². The van der Waals surface area contributed by atoms with Crippen molar-refractivity contribution in [2.45, 2.75) is 0 Å². The van der Waals surface area contributed by atoms with E-state index in [-0.39, 0.29) is 5.78 Å². The van der Waals surface area contributed by atoms with Crippen LogP contribution in [0.25, 0.3) is 0 Å². The minimum atomic E-state index is 0.0440. The zero-order valence-corrected chi connectivity index (χ0v) is 6.09. The lowest BCUT2D eigenvalue weighted by Gasteiger charge is -2.03. The summed E-state index contributed by atoms with van der Waals surface area (Å²) in [5.74, 6) is 0.0440. The smallest absolute Gasteiger partial charge is 0.187 e. The van der Waals surface area contributed by atoms with Crippen LogP contribution in [0.15, 0.2) is 4.99 Å². The lowest BCUT2D eigenvalue weighted by molar-refractivity contribution is -0.113. The SMILES string of the molecule is CN=CC(=O)CN(C)C. The maximum absolute atomic E-state index is 10.7. The van der Waals surface area contributed by atoms with Gasteiger partial charge in [0.2, 0.25) is 0 Å². The van der Waals surface area contributed by atoms with Crippen LogP contribution in [-0.4, -0.2) is 44.6 Å². The molecular formula is C6H12N2O. The first-order valence-electron chi connectivity index (χ1n) is 2.76. The summed E-state index contributed by atoms with van der Waals surface area (Å²) in [4.78, 5) is 16.1. The molecule has 0 atom stereocenters. The van der Waals surface area contributed by atoms with Crippen LogP contribution in [0.3, 0.4) is 0 Å². The van der Waals surface area contributed by atoms with Crippen LogP contribution in [0.4, 0.5) is 0 Å². The zero-order chi connectivity index (χ0) is 7.28. The average molecular weight is 128 g/mol. The molecule has 0 unspecified atom stereocenters. The predicted molar refractivity (Wildman–Crippen MR) is 38.0 cm³/mol. The van der Waals surface area contributed by atoms with Gasteiger partial charge < -0.3 is 4.90 Å². The molecule has 0 aliphatic rings. The highest BCUT2D eigenvalue weighted by Crippen LogP contribution is 1.73. The molecular weight excluding hydrogens is 116 g/mol. The molecule has 0 fully saturated rings. The van der Waals surface area contributed by atoms with Crippen LogP contribution >= 0.6 is 0 Å². The number of nitrogens with zero attached hydrogens (tertiary/aromatic N) is 2. The molecule has 0 heterocycles. The second-order valence-electron chi connectivity index (χ2n) is 2.09.